The summed E-state index contributed by atoms with van der Waals surface area (Å²) in [6, 6.07) is 4.82. The average Bonchev–Trinajstić information content (AvgIpc) is 1.93. The van der Waals surface area contributed by atoms with Gasteiger partial charge in [0.05, 0.1) is 0 Å². The summed E-state index contributed by atoms with van der Waals surface area (Å²) in [6.07, 6.45) is 0. The molecule has 0 bridgehead atoms. The van der Waals surface area contributed by atoms with Crippen LogP contribution in [0.25, 0.3) is 0 Å². The van der Waals surface area contributed by atoms with Gasteiger partial charge in [0.1, 0.15) is 11.6 Å². The maximum absolute atomic E-state index is 12.2. The summed E-state index contributed by atoms with van der Waals surface area (Å²) in [7, 11) is 0. The summed E-state index contributed by atoms with van der Waals surface area (Å²) >= 11 is -2.35. The smallest absolute Gasteiger partial charge is 0.357 e. The summed E-state index contributed by atoms with van der Waals surface area (Å²) < 4.78 is 34.8. The summed E-state index contributed by atoms with van der Waals surface area (Å²) in [5.74, 6) is -0.256. The first-order valence-corrected chi connectivity index (χ1v) is 3.76. The molecule has 0 aliphatic carbocycles. The van der Waals surface area contributed by atoms with Crippen LogP contribution in [0.2, 0.25) is 0 Å². The van der Waals surface area contributed by atoms with E-state index in [1.54, 1.807) is 0 Å². The summed E-state index contributed by atoms with van der Waals surface area (Å²) in [6.45, 7) is 0. The second-order valence-electron chi connectivity index (χ2n) is 1.75. The quantitative estimate of drug-likeness (QED) is 0.691. The highest BCUT2D eigenvalue weighted by Crippen LogP contribution is 2.11. The monoisotopic (exact) mass is 176 g/mol. The maximum Gasteiger partial charge on any atom is 0.357 e. The van der Waals surface area contributed by atoms with Crippen molar-refractivity contribution in [1.29, 1.82) is 0 Å². The number of hydrogen-bond acceptors (Lipinski definition) is 2. The molecule has 0 saturated heterocycles. The van der Waals surface area contributed by atoms with Crippen LogP contribution in [0.1, 0.15) is 0 Å². The Labute approximate surface area is 65.3 Å². The van der Waals surface area contributed by atoms with Gasteiger partial charge >= 0.3 is 11.4 Å². The molecule has 3 nitrogen and oxygen atoms in total. The number of halogens is 1. The molecule has 0 amide bonds. The van der Waals surface area contributed by atoms with Crippen LogP contribution in [0.15, 0.2) is 24.3 Å². The van der Waals surface area contributed by atoms with Gasteiger partial charge in [0.15, 0.2) is 0 Å². The predicted octanol–water partition coefficient (Wildman–Crippen LogP) is 1.34. The third-order valence-corrected chi connectivity index (χ3v) is 1.32. The van der Waals surface area contributed by atoms with Crippen LogP contribution in [0.5, 0.6) is 5.75 Å². The Morgan fingerprint density at radius 2 is 1.91 bits per heavy atom. The standard InChI is InChI=1S/C6H5FO3S/c7-5-1-3-6(4-2-5)10-11(8)9/h1-4H,(H,8,9). The Morgan fingerprint density at radius 3 is 2.36 bits per heavy atom. The van der Waals surface area contributed by atoms with Crippen molar-refractivity contribution in [1.82, 2.24) is 0 Å². The van der Waals surface area contributed by atoms with Crippen LogP contribution in [0.3, 0.4) is 0 Å². The highest BCUT2D eigenvalue weighted by molar-refractivity contribution is 7.74. The third kappa shape index (κ3) is 2.65. The lowest BCUT2D eigenvalue weighted by Gasteiger charge is -1.97. The van der Waals surface area contributed by atoms with E-state index in [1.807, 2.05) is 0 Å². The largest absolute Gasteiger partial charge is 0.380 e. The lowest BCUT2D eigenvalue weighted by molar-refractivity contribution is 0.457. The molecule has 0 aromatic heterocycles. The average molecular weight is 176 g/mol. The van der Waals surface area contributed by atoms with E-state index in [9.17, 15) is 8.60 Å². The van der Waals surface area contributed by atoms with E-state index < -0.39 is 17.2 Å². The SMILES string of the molecule is O=S(O)Oc1ccc(F)cc1. The highest BCUT2D eigenvalue weighted by Gasteiger charge is 1.96. The van der Waals surface area contributed by atoms with Gasteiger partial charge in [-0.3, -0.25) is 4.55 Å². The molecule has 11 heavy (non-hydrogen) atoms. The van der Waals surface area contributed by atoms with Gasteiger partial charge in [-0.25, -0.2) is 4.39 Å². The Kier molecular flexibility index (Phi) is 2.56. The molecule has 1 aromatic carbocycles. The molecule has 0 aliphatic heterocycles. The van der Waals surface area contributed by atoms with Gasteiger partial charge in [0, 0.05) is 0 Å². The Balaban J connectivity index is 2.74. The fourth-order valence-corrected chi connectivity index (χ4v) is 0.848. The molecule has 0 spiro atoms. The number of rotatable bonds is 2. The molecule has 1 atom stereocenters. The maximum atomic E-state index is 12.2. The molecule has 0 saturated carbocycles. The van der Waals surface area contributed by atoms with Crippen LogP contribution in [-0.4, -0.2) is 8.76 Å². The summed E-state index contributed by atoms with van der Waals surface area (Å²) in [5, 5.41) is 0. The molecule has 0 aliphatic rings. The van der Waals surface area contributed by atoms with Crippen molar-refractivity contribution >= 4 is 11.4 Å². The molecule has 1 N–H and O–H groups in total. The van der Waals surface area contributed by atoms with E-state index in [0.29, 0.717) is 0 Å². The van der Waals surface area contributed by atoms with E-state index in [4.69, 9.17) is 4.55 Å². The van der Waals surface area contributed by atoms with E-state index in [1.165, 1.54) is 12.1 Å². The van der Waals surface area contributed by atoms with E-state index in [0.717, 1.165) is 12.1 Å². The van der Waals surface area contributed by atoms with E-state index in [2.05, 4.69) is 4.18 Å². The van der Waals surface area contributed by atoms with Gasteiger partial charge in [-0.1, -0.05) is 0 Å². The molecule has 1 unspecified atom stereocenters. The predicted molar refractivity (Wildman–Crippen MR) is 37.8 cm³/mol. The number of hydrogen-bond donors (Lipinski definition) is 1. The Hall–Kier alpha value is -0.940. The van der Waals surface area contributed by atoms with Crippen molar-refractivity contribution in [2.75, 3.05) is 0 Å². The van der Waals surface area contributed by atoms with Crippen molar-refractivity contribution in [3.63, 3.8) is 0 Å². The summed E-state index contributed by atoms with van der Waals surface area (Å²) in [5.41, 5.74) is 0. The van der Waals surface area contributed by atoms with Gasteiger partial charge < -0.3 is 4.18 Å². The third-order valence-electron chi connectivity index (χ3n) is 0.981. The van der Waals surface area contributed by atoms with Gasteiger partial charge in [-0.2, -0.15) is 4.21 Å². The minimum Gasteiger partial charge on any atom is -0.380 e. The van der Waals surface area contributed by atoms with Crippen molar-refractivity contribution in [3.8, 4) is 5.75 Å². The van der Waals surface area contributed by atoms with Crippen LogP contribution >= 0.6 is 0 Å². The van der Waals surface area contributed by atoms with Crippen molar-refractivity contribution in [2.45, 2.75) is 0 Å². The Morgan fingerprint density at radius 1 is 1.36 bits per heavy atom. The fraction of sp³-hybridized carbons (Fsp3) is 0. The zero-order chi connectivity index (χ0) is 8.27. The molecular formula is C6H5FO3S. The first kappa shape index (κ1) is 8.16. The van der Waals surface area contributed by atoms with Crippen molar-refractivity contribution in [3.05, 3.63) is 30.1 Å². The minimum atomic E-state index is -2.35. The van der Waals surface area contributed by atoms with Crippen LogP contribution in [0, 0.1) is 5.82 Å². The van der Waals surface area contributed by atoms with Gasteiger partial charge in [0.2, 0.25) is 0 Å². The molecule has 1 aromatic rings. The van der Waals surface area contributed by atoms with E-state index >= 15 is 0 Å². The molecule has 0 fully saturated rings. The van der Waals surface area contributed by atoms with Gasteiger partial charge in [-0.15, -0.1) is 0 Å². The summed E-state index contributed by atoms with van der Waals surface area (Å²) in [4.78, 5) is 0. The number of benzene rings is 1. The minimum absolute atomic E-state index is 0.159. The second kappa shape index (κ2) is 3.45. The zero-order valence-corrected chi connectivity index (χ0v) is 6.18. The topological polar surface area (TPSA) is 46.5 Å². The highest BCUT2D eigenvalue weighted by atomic mass is 32.2. The van der Waals surface area contributed by atoms with Crippen molar-refractivity contribution < 1.29 is 17.3 Å². The molecule has 0 radical (unpaired) electrons. The lowest BCUT2D eigenvalue weighted by Crippen LogP contribution is -1.96. The first-order valence-electron chi connectivity index (χ1n) is 2.73. The molecule has 5 heteroatoms. The molecule has 60 valence electrons. The fourth-order valence-electron chi connectivity index (χ4n) is 0.572. The second-order valence-corrected chi connectivity index (χ2v) is 2.36. The zero-order valence-electron chi connectivity index (χ0n) is 5.36. The van der Waals surface area contributed by atoms with Crippen LogP contribution in [0.4, 0.5) is 4.39 Å². The van der Waals surface area contributed by atoms with Gasteiger partial charge in [-0.05, 0) is 24.3 Å². The molecular weight excluding hydrogens is 171 g/mol. The van der Waals surface area contributed by atoms with E-state index in [-0.39, 0.29) is 5.75 Å². The molecule has 0 heterocycles. The Bertz CT molecular complexity index is 259. The van der Waals surface area contributed by atoms with Gasteiger partial charge in [0.25, 0.3) is 0 Å². The first-order chi connectivity index (χ1) is 5.18. The normalized spacial score (nSPS) is 12.5. The van der Waals surface area contributed by atoms with Crippen LogP contribution < -0.4 is 4.18 Å². The lowest BCUT2D eigenvalue weighted by atomic mass is 10.3. The molecule has 1 rings (SSSR count). The van der Waals surface area contributed by atoms with Crippen molar-refractivity contribution in [2.24, 2.45) is 0 Å². The van der Waals surface area contributed by atoms with Crippen LogP contribution in [-0.2, 0) is 11.4 Å².